The molecule has 2 amide bonds. The Labute approximate surface area is 172 Å². The lowest BCUT2D eigenvalue weighted by molar-refractivity contribution is -0.122. The van der Waals surface area contributed by atoms with Gasteiger partial charge in [0.1, 0.15) is 17.1 Å². The van der Waals surface area contributed by atoms with Gasteiger partial charge in [-0.3, -0.25) is 9.59 Å². The fourth-order valence-corrected chi connectivity index (χ4v) is 3.52. The fraction of sp³-hybridized carbons (Fsp3) is 0.227. The van der Waals surface area contributed by atoms with Crippen LogP contribution < -0.4 is 25.3 Å². The van der Waals surface area contributed by atoms with Crippen molar-refractivity contribution in [1.29, 1.82) is 0 Å². The van der Waals surface area contributed by atoms with Gasteiger partial charge in [-0.2, -0.15) is 0 Å². The zero-order valence-electron chi connectivity index (χ0n) is 16.5. The molecule has 8 heteroatoms. The second-order valence-electron chi connectivity index (χ2n) is 6.94. The van der Waals surface area contributed by atoms with Crippen LogP contribution in [0.4, 0.5) is 11.4 Å². The van der Waals surface area contributed by atoms with Crippen LogP contribution in [-0.2, 0) is 9.59 Å². The number of benzene rings is 2. The van der Waals surface area contributed by atoms with Crippen molar-refractivity contribution in [2.75, 3.05) is 31.0 Å². The van der Waals surface area contributed by atoms with E-state index in [1.807, 2.05) is 0 Å². The zero-order chi connectivity index (χ0) is 21.3. The number of amides is 2. The minimum atomic E-state index is -0.516. The lowest BCUT2D eigenvalue weighted by atomic mass is 10.1. The van der Waals surface area contributed by atoms with E-state index in [2.05, 4.69) is 5.32 Å². The number of nitrogens with zero attached hydrogens (tertiary/aromatic N) is 1. The van der Waals surface area contributed by atoms with E-state index in [1.54, 1.807) is 54.5 Å². The number of rotatable bonds is 5. The van der Waals surface area contributed by atoms with E-state index < -0.39 is 11.5 Å². The second-order valence-corrected chi connectivity index (χ2v) is 6.94. The summed E-state index contributed by atoms with van der Waals surface area (Å²) in [5.41, 5.74) is 1.13. The number of nitrogens with one attached hydrogen (secondary N) is 1. The average molecular weight is 408 g/mol. The van der Waals surface area contributed by atoms with Gasteiger partial charge in [-0.25, -0.2) is 4.79 Å². The van der Waals surface area contributed by atoms with Crippen molar-refractivity contribution < 1.29 is 23.5 Å². The van der Waals surface area contributed by atoms with Gasteiger partial charge in [-0.15, -0.1) is 0 Å². The van der Waals surface area contributed by atoms with E-state index in [0.717, 1.165) is 0 Å². The maximum atomic E-state index is 12.8. The van der Waals surface area contributed by atoms with Gasteiger partial charge in [-0.1, -0.05) is 0 Å². The van der Waals surface area contributed by atoms with Crippen molar-refractivity contribution in [3.63, 3.8) is 0 Å². The van der Waals surface area contributed by atoms with E-state index in [4.69, 9.17) is 13.9 Å². The predicted molar refractivity (Wildman–Crippen MR) is 111 cm³/mol. The van der Waals surface area contributed by atoms with Gasteiger partial charge in [0.25, 0.3) is 0 Å². The number of carbonyl (C=O) groups excluding carboxylic acids is 2. The molecule has 30 heavy (non-hydrogen) atoms. The molecule has 1 aliphatic heterocycles. The minimum absolute atomic E-state index is 0.0919. The van der Waals surface area contributed by atoms with E-state index in [0.29, 0.717) is 33.8 Å². The Morgan fingerprint density at radius 2 is 1.90 bits per heavy atom. The third kappa shape index (κ3) is 3.71. The molecule has 2 aromatic carbocycles. The van der Waals surface area contributed by atoms with Gasteiger partial charge < -0.3 is 24.1 Å². The van der Waals surface area contributed by atoms with Crippen molar-refractivity contribution in [1.82, 2.24) is 0 Å². The molecule has 8 nitrogen and oxygen atoms in total. The zero-order valence-corrected chi connectivity index (χ0v) is 16.5. The SMILES string of the molecule is COc1ccc(OC)c(N2C[C@@H](C(=O)Nc3ccc4oc(=O)ccc4c3)CC2=O)c1. The van der Waals surface area contributed by atoms with Crippen molar-refractivity contribution in [2.45, 2.75) is 6.42 Å². The highest BCUT2D eigenvalue weighted by Crippen LogP contribution is 2.36. The summed E-state index contributed by atoms with van der Waals surface area (Å²) in [4.78, 5) is 38.2. The summed E-state index contributed by atoms with van der Waals surface area (Å²) in [6, 6.07) is 13.1. The van der Waals surface area contributed by atoms with E-state index in [9.17, 15) is 14.4 Å². The second kappa shape index (κ2) is 7.90. The number of hydrogen-bond acceptors (Lipinski definition) is 6. The maximum Gasteiger partial charge on any atom is 0.336 e. The molecule has 4 rings (SSSR count). The van der Waals surface area contributed by atoms with Gasteiger partial charge >= 0.3 is 5.63 Å². The van der Waals surface area contributed by atoms with Gasteiger partial charge in [0.2, 0.25) is 11.8 Å². The molecule has 1 saturated heterocycles. The van der Waals surface area contributed by atoms with E-state index in [-0.39, 0.29) is 24.8 Å². The number of methoxy groups -OCH3 is 2. The number of ether oxygens (including phenoxy) is 2. The highest BCUT2D eigenvalue weighted by atomic mass is 16.5. The van der Waals surface area contributed by atoms with Crippen LogP contribution in [-0.4, -0.2) is 32.6 Å². The van der Waals surface area contributed by atoms with Crippen LogP contribution in [0.3, 0.4) is 0 Å². The van der Waals surface area contributed by atoms with Crippen LogP contribution in [0.25, 0.3) is 11.0 Å². The van der Waals surface area contributed by atoms with E-state index >= 15 is 0 Å². The molecule has 0 spiro atoms. The molecule has 1 N–H and O–H groups in total. The number of carbonyl (C=O) groups is 2. The molecule has 0 bridgehead atoms. The van der Waals surface area contributed by atoms with Crippen LogP contribution >= 0.6 is 0 Å². The van der Waals surface area contributed by atoms with Crippen LogP contribution in [0, 0.1) is 5.92 Å². The lowest BCUT2D eigenvalue weighted by Gasteiger charge is -2.20. The molecule has 0 saturated carbocycles. The summed E-state index contributed by atoms with van der Waals surface area (Å²) >= 11 is 0. The predicted octanol–water partition coefficient (Wildman–Crippen LogP) is 2.80. The van der Waals surface area contributed by atoms with Crippen LogP contribution in [0.5, 0.6) is 11.5 Å². The average Bonchev–Trinajstić information content (AvgIpc) is 3.15. The summed E-state index contributed by atoms with van der Waals surface area (Å²) in [6.07, 6.45) is 0.0919. The van der Waals surface area contributed by atoms with Gasteiger partial charge in [0.15, 0.2) is 0 Å². The van der Waals surface area contributed by atoms with Crippen molar-refractivity contribution in [3.8, 4) is 11.5 Å². The topological polar surface area (TPSA) is 98.1 Å². The lowest BCUT2D eigenvalue weighted by Crippen LogP contribution is -2.28. The quantitative estimate of drug-likeness (QED) is 0.652. The fourth-order valence-electron chi connectivity index (χ4n) is 3.52. The minimum Gasteiger partial charge on any atom is -0.497 e. The summed E-state index contributed by atoms with van der Waals surface area (Å²) in [5.74, 6) is 0.180. The largest absolute Gasteiger partial charge is 0.497 e. The first kappa shape index (κ1) is 19.5. The Morgan fingerprint density at radius 3 is 2.67 bits per heavy atom. The Hall–Kier alpha value is -3.81. The van der Waals surface area contributed by atoms with Crippen molar-refractivity contribution in [3.05, 3.63) is 59.0 Å². The smallest absolute Gasteiger partial charge is 0.336 e. The molecule has 0 aliphatic carbocycles. The van der Waals surface area contributed by atoms with Crippen LogP contribution in [0.15, 0.2) is 57.7 Å². The van der Waals surface area contributed by atoms with Crippen LogP contribution in [0.1, 0.15) is 6.42 Å². The Morgan fingerprint density at radius 1 is 1.07 bits per heavy atom. The molecule has 1 atom stereocenters. The Bertz CT molecular complexity index is 1190. The van der Waals surface area contributed by atoms with Crippen LogP contribution in [0.2, 0.25) is 0 Å². The Balaban J connectivity index is 1.52. The number of anilines is 2. The molecule has 0 radical (unpaired) electrons. The third-order valence-corrected chi connectivity index (χ3v) is 5.06. The molecule has 1 aliphatic rings. The molecule has 1 aromatic heterocycles. The highest BCUT2D eigenvalue weighted by molar-refractivity contribution is 6.04. The summed E-state index contributed by atoms with van der Waals surface area (Å²) in [7, 11) is 3.07. The first-order valence-corrected chi connectivity index (χ1v) is 9.35. The number of fused-ring (bicyclic) bond motifs is 1. The monoisotopic (exact) mass is 408 g/mol. The highest BCUT2D eigenvalue weighted by Gasteiger charge is 2.36. The molecule has 3 aromatic rings. The number of hydrogen-bond donors (Lipinski definition) is 1. The van der Waals surface area contributed by atoms with Gasteiger partial charge in [0.05, 0.1) is 25.8 Å². The molecule has 2 heterocycles. The molecule has 0 unspecified atom stereocenters. The Kier molecular flexibility index (Phi) is 5.14. The molecular formula is C22H20N2O6. The standard InChI is InChI=1S/C22H20N2O6/c1-28-16-5-7-19(29-2)17(11-16)24-12-14(10-20(24)25)22(27)23-15-4-6-18-13(9-15)3-8-21(26)30-18/h3-9,11,14H,10,12H2,1-2H3,(H,23,27)/t14-/m0/s1. The first-order valence-electron chi connectivity index (χ1n) is 9.35. The molecular weight excluding hydrogens is 388 g/mol. The van der Waals surface area contributed by atoms with Crippen molar-refractivity contribution >= 4 is 34.2 Å². The van der Waals surface area contributed by atoms with Crippen molar-refractivity contribution in [2.24, 2.45) is 5.92 Å². The summed E-state index contributed by atoms with van der Waals surface area (Å²) < 4.78 is 15.7. The normalized spacial score (nSPS) is 16.0. The maximum absolute atomic E-state index is 12.8. The summed E-state index contributed by atoms with van der Waals surface area (Å²) in [6.45, 7) is 0.233. The first-order chi connectivity index (χ1) is 14.5. The third-order valence-electron chi connectivity index (χ3n) is 5.06. The molecule has 1 fully saturated rings. The molecule has 154 valence electrons. The van der Waals surface area contributed by atoms with E-state index in [1.165, 1.54) is 13.2 Å². The van der Waals surface area contributed by atoms with Gasteiger partial charge in [0, 0.05) is 36.2 Å². The van der Waals surface area contributed by atoms with Gasteiger partial charge in [-0.05, 0) is 36.4 Å². The summed E-state index contributed by atoms with van der Waals surface area (Å²) in [5, 5.41) is 3.53.